The smallest absolute Gasteiger partial charge is 0.247 e. The minimum atomic E-state index is 0.272. The van der Waals surface area contributed by atoms with Crippen molar-refractivity contribution in [2.24, 2.45) is 0 Å². The van der Waals surface area contributed by atoms with E-state index in [-0.39, 0.29) is 6.42 Å². The number of aromatic nitrogens is 5. The molecular weight excluding hydrogens is 374 g/mol. The first-order valence-corrected chi connectivity index (χ1v) is 7.88. The van der Waals surface area contributed by atoms with Crippen LogP contribution in [0, 0.1) is 0 Å². The zero-order valence-corrected chi connectivity index (χ0v) is 13.8. The van der Waals surface area contributed by atoms with Gasteiger partial charge in [0, 0.05) is 28.0 Å². The van der Waals surface area contributed by atoms with E-state index in [4.69, 9.17) is 8.94 Å². The van der Waals surface area contributed by atoms with Crippen molar-refractivity contribution in [1.82, 2.24) is 25.3 Å². The van der Waals surface area contributed by atoms with Crippen molar-refractivity contribution in [3.63, 3.8) is 0 Å². The van der Waals surface area contributed by atoms with Crippen LogP contribution in [0.5, 0.6) is 0 Å². The van der Waals surface area contributed by atoms with Crippen molar-refractivity contribution in [2.45, 2.75) is 6.42 Å². The fraction of sp³-hybridized carbons (Fsp3) is 0.0625. The molecule has 4 aromatic rings. The number of rotatable bonds is 4. The highest BCUT2D eigenvalue weighted by Gasteiger charge is 2.14. The van der Waals surface area contributed by atoms with Gasteiger partial charge in [-0.15, -0.1) is 10.2 Å². The van der Waals surface area contributed by atoms with E-state index in [0.29, 0.717) is 23.5 Å². The molecule has 3 aromatic heterocycles. The number of hydrogen-bond donors (Lipinski definition) is 0. The molecule has 4 rings (SSSR count). The van der Waals surface area contributed by atoms with Crippen LogP contribution in [0.3, 0.4) is 0 Å². The highest BCUT2D eigenvalue weighted by atomic mass is 79.9. The molecule has 0 amide bonds. The van der Waals surface area contributed by atoms with E-state index in [2.05, 4.69) is 41.3 Å². The van der Waals surface area contributed by atoms with Crippen LogP contribution >= 0.6 is 15.9 Å². The zero-order chi connectivity index (χ0) is 16.4. The van der Waals surface area contributed by atoms with Gasteiger partial charge in [0.2, 0.25) is 23.5 Å². The summed E-state index contributed by atoms with van der Waals surface area (Å²) in [5, 5.41) is 12.0. The molecule has 0 aliphatic carbocycles. The second-order valence-electron chi connectivity index (χ2n) is 4.94. The molecule has 7 nitrogen and oxygen atoms in total. The average Bonchev–Trinajstić information content (AvgIpc) is 3.26. The number of pyridine rings is 1. The van der Waals surface area contributed by atoms with Gasteiger partial charge < -0.3 is 8.94 Å². The molecule has 0 fully saturated rings. The van der Waals surface area contributed by atoms with E-state index >= 15 is 0 Å². The predicted octanol–water partition coefficient (Wildman–Crippen LogP) is 3.53. The van der Waals surface area contributed by atoms with Crippen molar-refractivity contribution < 1.29 is 8.94 Å². The van der Waals surface area contributed by atoms with Crippen LogP contribution in [0.15, 0.2) is 62.2 Å². The summed E-state index contributed by atoms with van der Waals surface area (Å²) in [6.45, 7) is 0. The van der Waals surface area contributed by atoms with Crippen molar-refractivity contribution in [2.75, 3.05) is 0 Å². The first kappa shape index (κ1) is 14.7. The molecule has 0 bridgehead atoms. The maximum absolute atomic E-state index is 5.66. The lowest BCUT2D eigenvalue weighted by Gasteiger charge is -1.94. The molecule has 0 aliphatic heterocycles. The van der Waals surface area contributed by atoms with Gasteiger partial charge in [0.1, 0.15) is 6.42 Å². The van der Waals surface area contributed by atoms with Gasteiger partial charge in [-0.1, -0.05) is 27.2 Å². The zero-order valence-electron chi connectivity index (χ0n) is 12.3. The number of benzene rings is 1. The molecule has 0 unspecified atom stereocenters. The van der Waals surface area contributed by atoms with Gasteiger partial charge in [-0.2, -0.15) is 4.98 Å². The van der Waals surface area contributed by atoms with Crippen LogP contribution in [-0.4, -0.2) is 25.3 Å². The summed E-state index contributed by atoms with van der Waals surface area (Å²) >= 11 is 3.42. The lowest BCUT2D eigenvalue weighted by molar-refractivity contribution is 0.374. The molecule has 0 saturated heterocycles. The molecular formula is C16H10BrN5O2. The summed E-state index contributed by atoms with van der Waals surface area (Å²) in [7, 11) is 0. The Bertz CT molecular complexity index is 967. The summed E-state index contributed by atoms with van der Waals surface area (Å²) in [6, 6.07) is 11.3. The molecule has 3 heterocycles. The molecule has 0 radical (unpaired) electrons. The van der Waals surface area contributed by atoms with Crippen molar-refractivity contribution >= 4 is 15.9 Å². The Balaban J connectivity index is 1.54. The normalized spacial score (nSPS) is 10.9. The molecule has 0 atom stereocenters. The van der Waals surface area contributed by atoms with Crippen LogP contribution in [0.1, 0.15) is 11.8 Å². The summed E-state index contributed by atoms with van der Waals surface area (Å²) < 4.78 is 11.8. The van der Waals surface area contributed by atoms with E-state index in [1.807, 2.05) is 36.4 Å². The summed E-state index contributed by atoms with van der Waals surface area (Å²) in [5.41, 5.74) is 1.62. The standard InChI is InChI=1S/C16H10BrN5O2/c17-12-5-1-3-10(7-12)16-21-20-14(23-16)8-13-19-15(22-24-13)11-4-2-6-18-9-11/h1-7,9H,8H2. The minimum Gasteiger partial charge on any atom is -0.420 e. The fourth-order valence-electron chi connectivity index (χ4n) is 2.13. The average molecular weight is 384 g/mol. The highest BCUT2D eigenvalue weighted by Crippen LogP contribution is 2.22. The van der Waals surface area contributed by atoms with Crippen LogP contribution in [0.2, 0.25) is 0 Å². The second kappa shape index (κ2) is 6.32. The monoisotopic (exact) mass is 383 g/mol. The van der Waals surface area contributed by atoms with E-state index in [9.17, 15) is 0 Å². The van der Waals surface area contributed by atoms with Crippen molar-refractivity contribution in [3.05, 3.63) is 65.0 Å². The molecule has 24 heavy (non-hydrogen) atoms. The number of hydrogen-bond acceptors (Lipinski definition) is 7. The fourth-order valence-corrected chi connectivity index (χ4v) is 2.53. The Morgan fingerprint density at radius 3 is 2.75 bits per heavy atom. The van der Waals surface area contributed by atoms with Gasteiger partial charge in [-0.05, 0) is 30.3 Å². The molecule has 0 N–H and O–H groups in total. The number of halogens is 1. The molecule has 1 aromatic carbocycles. The van der Waals surface area contributed by atoms with Gasteiger partial charge in [0.15, 0.2) is 0 Å². The Morgan fingerprint density at radius 2 is 1.92 bits per heavy atom. The summed E-state index contributed by atoms with van der Waals surface area (Å²) in [6.07, 6.45) is 3.63. The molecule has 0 aliphatic rings. The predicted molar refractivity (Wildman–Crippen MR) is 87.8 cm³/mol. The van der Waals surface area contributed by atoms with Crippen molar-refractivity contribution in [3.8, 4) is 22.8 Å². The largest absolute Gasteiger partial charge is 0.420 e. The third-order valence-electron chi connectivity index (χ3n) is 3.23. The van der Waals surface area contributed by atoms with Gasteiger partial charge in [-0.3, -0.25) is 4.98 Å². The van der Waals surface area contributed by atoms with E-state index in [0.717, 1.165) is 15.6 Å². The lowest BCUT2D eigenvalue weighted by atomic mass is 10.2. The van der Waals surface area contributed by atoms with Crippen LogP contribution in [0.4, 0.5) is 0 Å². The quantitative estimate of drug-likeness (QED) is 0.532. The van der Waals surface area contributed by atoms with E-state index in [1.54, 1.807) is 12.4 Å². The lowest BCUT2D eigenvalue weighted by Crippen LogP contribution is -1.89. The summed E-state index contributed by atoms with van der Waals surface area (Å²) in [5.74, 6) is 1.73. The van der Waals surface area contributed by atoms with E-state index in [1.165, 1.54) is 0 Å². The molecule has 0 saturated carbocycles. The Kier molecular flexibility index (Phi) is 3.87. The Labute approximate surface area is 144 Å². The maximum Gasteiger partial charge on any atom is 0.247 e. The highest BCUT2D eigenvalue weighted by molar-refractivity contribution is 9.10. The van der Waals surface area contributed by atoms with Gasteiger partial charge in [0.25, 0.3) is 0 Å². The minimum absolute atomic E-state index is 0.272. The van der Waals surface area contributed by atoms with Gasteiger partial charge in [0.05, 0.1) is 0 Å². The third-order valence-corrected chi connectivity index (χ3v) is 3.72. The van der Waals surface area contributed by atoms with E-state index < -0.39 is 0 Å². The maximum atomic E-state index is 5.66. The van der Waals surface area contributed by atoms with Gasteiger partial charge >= 0.3 is 0 Å². The Morgan fingerprint density at radius 1 is 1.00 bits per heavy atom. The van der Waals surface area contributed by atoms with Crippen LogP contribution in [0.25, 0.3) is 22.8 Å². The van der Waals surface area contributed by atoms with Crippen molar-refractivity contribution in [1.29, 1.82) is 0 Å². The first-order valence-electron chi connectivity index (χ1n) is 7.09. The van der Waals surface area contributed by atoms with Crippen LogP contribution in [-0.2, 0) is 6.42 Å². The van der Waals surface area contributed by atoms with Crippen LogP contribution < -0.4 is 0 Å². The summed E-state index contributed by atoms with van der Waals surface area (Å²) in [4.78, 5) is 8.35. The van der Waals surface area contributed by atoms with Gasteiger partial charge in [-0.25, -0.2) is 0 Å². The second-order valence-corrected chi connectivity index (χ2v) is 5.86. The SMILES string of the molecule is Brc1cccc(-c2nnc(Cc3nc(-c4cccnc4)no3)o2)c1. The Hall–Kier alpha value is -2.87. The number of nitrogens with zero attached hydrogens (tertiary/aromatic N) is 5. The molecule has 8 heteroatoms. The molecule has 0 spiro atoms. The third kappa shape index (κ3) is 3.09. The first-order chi connectivity index (χ1) is 11.8. The topological polar surface area (TPSA) is 90.7 Å². The molecule has 118 valence electrons.